The van der Waals surface area contributed by atoms with Crippen LogP contribution >= 0.6 is 0 Å². The zero-order valence-electron chi connectivity index (χ0n) is 13.9. The van der Waals surface area contributed by atoms with Crippen molar-refractivity contribution >= 4 is 22.1 Å². The predicted octanol–water partition coefficient (Wildman–Crippen LogP) is 1.13. The zero-order chi connectivity index (χ0) is 17.2. The van der Waals surface area contributed by atoms with Gasteiger partial charge in [-0.3, -0.25) is 13.9 Å². The van der Waals surface area contributed by atoms with Crippen molar-refractivity contribution < 1.29 is 0 Å². The van der Waals surface area contributed by atoms with Crippen molar-refractivity contribution in [2.45, 2.75) is 0 Å². The molecule has 3 aromatic heterocycles. The highest BCUT2D eigenvalue weighted by molar-refractivity contribution is 5.86. The monoisotopic (exact) mass is 323 g/mol. The standard InChI is InChI=1S/C17H17N5O2/c1-19-8-7-10-9-11(5-6-12(10)19)14-18-15-13(20(14)2)16(23)22(4)17(24)21(15)3/h5-9H,1-4H3. The minimum atomic E-state index is -0.379. The molecule has 7 heteroatoms. The second kappa shape index (κ2) is 4.70. The van der Waals surface area contributed by atoms with Gasteiger partial charge in [-0.15, -0.1) is 0 Å². The molecule has 0 radical (unpaired) electrons. The molecule has 0 fully saturated rings. The molecule has 122 valence electrons. The van der Waals surface area contributed by atoms with E-state index in [1.807, 2.05) is 42.1 Å². The smallest absolute Gasteiger partial charge is 0.332 e. The molecule has 1 aromatic carbocycles. The van der Waals surface area contributed by atoms with E-state index in [1.54, 1.807) is 18.7 Å². The lowest BCUT2D eigenvalue weighted by Crippen LogP contribution is -2.37. The first-order valence-electron chi connectivity index (χ1n) is 7.58. The van der Waals surface area contributed by atoms with Crippen LogP contribution in [-0.2, 0) is 28.2 Å². The molecule has 4 aromatic rings. The van der Waals surface area contributed by atoms with E-state index in [4.69, 9.17) is 0 Å². The van der Waals surface area contributed by atoms with Gasteiger partial charge in [-0.05, 0) is 24.3 Å². The largest absolute Gasteiger partial charge is 0.351 e. The minimum absolute atomic E-state index is 0.338. The van der Waals surface area contributed by atoms with Gasteiger partial charge < -0.3 is 9.13 Å². The molecule has 24 heavy (non-hydrogen) atoms. The van der Waals surface area contributed by atoms with Crippen LogP contribution in [0.1, 0.15) is 0 Å². The third kappa shape index (κ3) is 1.75. The molecule has 0 aliphatic heterocycles. The molecule has 3 heterocycles. The van der Waals surface area contributed by atoms with Crippen molar-refractivity contribution in [3.63, 3.8) is 0 Å². The van der Waals surface area contributed by atoms with Crippen LogP contribution in [-0.4, -0.2) is 23.3 Å². The van der Waals surface area contributed by atoms with Crippen LogP contribution in [0.4, 0.5) is 0 Å². The number of nitrogens with zero attached hydrogens (tertiary/aromatic N) is 5. The van der Waals surface area contributed by atoms with Gasteiger partial charge in [0.05, 0.1) is 0 Å². The summed E-state index contributed by atoms with van der Waals surface area (Å²) in [5.74, 6) is 0.661. The number of aromatic nitrogens is 5. The average Bonchev–Trinajstić information content (AvgIpc) is 3.11. The van der Waals surface area contributed by atoms with Gasteiger partial charge in [0.15, 0.2) is 11.2 Å². The van der Waals surface area contributed by atoms with Crippen LogP contribution < -0.4 is 11.2 Å². The molecule has 0 N–H and O–H groups in total. The number of hydrogen-bond donors (Lipinski definition) is 0. The first-order valence-corrected chi connectivity index (χ1v) is 7.58. The van der Waals surface area contributed by atoms with Crippen LogP contribution in [0.2, 0.25) is 0 Å². The molecule has 0 saturated heterocycles. The van der Waals surface area contributed by atoms with Crippen molar-refractivity contribution in [1.29, 1.82) is 0 Å². The maximum Gasteiger partial charge on any atom is 0.332 e. The van der Waals surface area contributed by atoms with Crippen molar-refractivity contribution in [2.24, 2.45) is 28.2 Å². The minimum Gasteiger partial charge on any atom is -0.351 e. The average molecular weight is 323 g/mol. The summed E-state index contributed by atoms with van der Waals surface area (Å²) in [4.78, 5) is 29.1. The third-order valence-corrected chi connectivity index (χ3v) is 4.62. The lowest BCUT2D eigenvalue weighted by atomic mass is 10.1. The topological polar surface area (TPSA) is 66.8 Å². The number of rotatable bonds is 1. The van der Waals surface area contributed by atoms with Gasteiger partial charge in [0, 0.05) is 50.9 Å². The summed E-state index contributed by atoms with van der Waals surface area (Å²) in [5, 5.41) is 1.10. The summed E-state index contributed by atoms with van der Waals surface area (Å²) in [6.07, 6.45) is 2.00. The number of imidazole rings is 1. The zero-order valence-corrected chi connectivity index (χ0v) is 13.9. The van der Waals surface area contributed by atoms with Gasteiger partial charge in [-0.1, -0.05) is 0 Å². The molecule has 0 aliphatic rings. The van der Waals surface area contributed by atoms with Crippen LogP contribution in [0.5, 0.6) is 0 Å². The Hall–Kier alpha value is -3.09. The summed E-state index contributed by atoms with van der Waals surface area (Å²) in [5.41, 5.74) is 2.13. The SMILES string of the molecule is Cn1c(=O)c2c(nc(-c3ccc4c(ccn4C)c3)n2C)n(C)c1=O. The third-order valence-electron chi connectivity index (χ3n) is 4.62. The summed E-state index contributed by atoms with van der Waals surface area (Å²) in [6, 6.07) is 8.09. The molecule has 0 atom stereocenters. The van der Waals surface area contributed by atoms with Crippen LogP contribution in [0.25, 0.3) is 33.5 Å². The number of hydrogen-bond acceptors (Lipinski definition) is 3. The summed E-state index contributed by atoms with van der Waals surface area (Å²) < 4.78 is 6.31. The number of benzene rings is 1. The van der Waals surface area contributed by atoms with Gasteiger partial charge in [-0.25, -0.2) is 9.78 Å². The molecule has 0 unspecified atom stereocenters. The highest BCUT2D eigenvalue weighted by Gasteiger charge is 2.18. The number of aryl methyl sites for hydroxylation is 3. The second-order valence-corrected chi connectivity index (χ2v) is 6.07. The summed E-state index contributed by atoms with van der Waals surface area (Å²) in [6.45, 7) is 0. The molecule has 0 bridgehead atoms. The maximum absolute atomic E-state index is 12.5. The van der Waals surface area contributed by atoms with Crippen LogP contribution in [0.15, 0.2) is 40.1 Å². The maximum atomic E-state index is 12.5. The van der Waals surface area contributed by atoms with Crippen LogP contribution in [0.3, 0.4) is 0 Å². The van der Waals surface area contributed by atoms with Crippen molar-refractivity contribution in [1.82, 2.24) is 23.3 Å². The molecular weight excluding hydrogens is 306 g/mol. The van der Waals surface area contributed by atoms with E-state index >= 15 is 0 Å². The Bertz CT molecular complexity index is 1240. The highest BCUT2D eigenvalue weighted by Crippen LogP contribution is 2.25. The Morgan fingerprint density at radius 2 is 1.67 bits per heavy atom. The first kappa shape index (κ1) is 14.5. The second-order valence-electron chi connectivity index (χ2n) is 6.07. The summed E-state index contributed by atoms with van der Waals surface area (Å²) in [7, 11) is 6.90. The Morgan fingerprint density at radius 3 is 2.42 bits per heavy atom. The lowest BCUT2D eigenvalue weighted by Gasteiger charge is -2.04. The van der Waals surface area contributed by atoms with Crippen molar-refractivity contribution in [2.75, 3.05) is 0 Å². The number of fused-ring (bicyclic) bond motifs is 2. The quantitative estimate of drug-likeness (QED) is 0.527. The van der Waals surface area contributed by atoms with Gasteiger partial charge in [0.2, 0.25) is 0 Å². The van der Waals surface area contributed by atoms with E-state index in [-0.39, 0.29) is 11.2 Å². The fourth-order valence-corrected chi connectivity index (χ4v) is 3.20. The van der Waals surface area contributed by atoms with E-state index in [2.05, 4.69) is 4.98 Å². The van der Waals surface area contributed by atoms with E-state index in [0.29, 0.717) is 17.0 Å². The normalized spacial score (nSPS) is 11.7. The van der Waals surface area contributed by atoms with Gasteiger partial charge in [0.1, 0.15) is 5.82 Å². The summed E-state index contributed by atoms with van der Waals surface area (Å²) >= 11 is 0. The molecule has 0 amide bonds. The highest BCUT2D eigenvalue weighted by atomic mass is 16.2. The van der Waals surface area contributed by atoms with Gasteiger partial charge in [-0.2, -0.15) is 0 Å². The molecule has 0 aliphatic carbocycles. The van der Waals surface area contributed by atoms with E-state index < -0.39 is 0 Å². The van der Waals surface area contributed by atoms with E-state index in [9.17, 15) is 9.59 Å². The Balaban J connectivity index is 2.08. The molecule has 0 saturated carbocycles. The predicted molar refractivity (Wildman–Crippen MR) is 93.1 cm³/mol. The van der Waals surface area contributed by atoms with Gasteiger partial charge in [0.25, 0.3) is 5.56 Å². The fraction of sp³-hybridized carbons (Fsp3) is 0.235. The Labute approximate surface area is 137 Å². The Kier molecular flexibility index (Phi) is 2.84. The molecule has 0 spiro atoms. The van der Waals surface area contributed by atoms with E-state index in [0.717, 1.165) is 21.0 Å². The van der Waals surface area contributed by atoms with Crippen LogP contribution in [0, 0.1) is 0 Å². The molecular formula is C17H17N5O2. The van der Waals surface area contributed by atoms with Crippen molar-refractivity contribution in [3.05, 3.63) is 51.3 Å². The fourth-order valence-electron chi connectivity index (χ4n) is 3.20. The first-order chi connectivity index (χ1) is 11.4. The van der Waals surface area contributed by atoms with Gasteiger partial charge >= 0.3 is 5.69 Å². The molecule has 7 nitrogen and oxygen atoms in total. The Morgan fingerprint density at radius 1 is 0.917 bits per heavy atom. The lowest BCUT2D eigenvalue weighted by molar-refractivity contribution is 0.705. The molecule has 4 rings (SSSR count). The van der Waals surface area contributed by atoms with Crippen molar-refractivity contribution in [3.8, 4) is 11.4 Å². The van der Waals surface area contributed by atoms with E-state index in [1.165, 1.54) is 11.6 Å².